The molecule has 2 heterocycles. The van der Waals surface area contributed by atoms with Gasteiger partial charge in [0.1, 0.15) is 0 Å². The summed E-state index contributed by atoms with van der Waals surface area (Å²) in [6.07, 6.45) is 2.70. The molecule has 1 aliphatic rings. The van der Waals surface area contributed by atoms with E-state index in [-0.39, 0.29) is 5.91 Å². The average Bonchev–Trinajstić information content (AvgIpc) is 3.17. The highest BCUT2D eigenvalue weighted by Crippen LogP contribution is 2.23. The Bertz CT molecular complexity index is 672. The van der Waals surface area contributed by atoms with Gasteiger partial charge in [-0.3, -0.25) is 4.79 Å². The Balaban J connectivity index is 1.68. The monoisotopic (exact) mass is 312 g/mol. The third-order valence-corrected chi connectivity index (χ3v) is 4.50. The van der Waals surface area contributed by atoms with Crippen molar-refractivity contribution in [1.82, 2.24) is 15.1 Å². The number of hydrogen-bond acceptors (Lipinski definition) is 3. The van der Waals surface area contributed by atoms with E-state index >= 15 is 0 Å². The Hall–Kier alpha value is -2.14. The van der Waals surface area contributed by atoms with E-state index in [4.69, 9.17) is 0 Å². The van der Waals surface area contributed by atoms with Crippen LogP contribution in [0.3, 0.4) is 0 Å². The van der Waals surface area contributed by atoms with Gasteiger partial charge in [-0.2, -0.15) is 5.10 Å². The van der Waals surface area contributed by atoms with Crippen molar-refractivity contribution < 1.29 is 4.79 Å². The number of hydrogen-bond donors (Lipinski definition) is 2. The number of aromatic nitrogens is 2. The molecule has 1 aromatic carbocycles. The summed E-state index contributed by atoms with van der Waals surface area (Å²) in [5.74, 6) is 0.714. The number of amides is 1. The number of benzene rings is 1. The van der Waals surface area contributed by atoms with Crippen molar-refractivity contribution in [1.29, 1.82) is 0 Å². The van der Waals surface area contributed by atoms with Crippen LogP contribution in [0.5, 0.6) is 0 Å². The van der Waals surface area contributed by atoms with E-state index in [1.54, 1.807) is 0 Å². The van der Waals surface area contributed by atoms with Gasteiger partial charge in [0, 0.05) is 6.42 Å². The van der Waals surface area contributed by atoms with Crippen LogP contribution in [0.25, 0.3) is 5.69 Å². The SMILES string of the molecule is Cc1nn(-c2ccccc2)c(C)c1NC(=O)CCC1CCNC1. The molecule has 0 spiro atoms. The third-order valence-electron chi connectivity index (χ3n) is 4.50. The number of para-hydroxylation sites is 1. The Morgan fingerprint density at radius 3 is 2.83 bits per heavy atom. The first-order valence-corrected chi connectivity index (χ1v) is 8.27. The summed E-state index contributed by atoms with van der Waals surface area (Å²) >= 11 is 0. The zero-order chi connectivity index (χ0) is 16.2. The molecule has 1 fully saturated rings. The van der Waals surface area contributed by atoms with E-state index in [9.17, 15) is 4.79 Å². The van der Waals surface area contributed by atoms with Crippen LogP contribution in [0.2, 0.25) is 0 Å². The Morgan fingerprint density at radius 1 is 1.35 bits per heavy atom. The minimum atomic E-state index is 0.0794. The summed E-state index contributed by atoms with van der Waals surface area (Å²) < 4.78 is 1.88. The molecule has 5 heteroatoms. The number of anilines is 1. The molecule has 23 heavy (non-hydrogen) atoms. The predicted octanol–water partition coefficient (Wildman–Crippen LogP) is 2.82. The first-order valence-electron chi connectivity index (χ1n) is 8.27. The van der Waals surface area contributed by atoms with Gasteiger partial charge in [-0.1, -0.05) is 18.2 Å². The van der Waals surface area contributed by atoms with Crippen molar-refractivity contribution in [2.24, 2.45) is 5.92 Å². The van der Waals surface area contributed by atoms with Crippen LogP contribution in [0, 0.1) is 19.8 Å². The molecule has 5 nitrogen and oxygen atoms in total. The molecular formula is C18H24N4O. The zero-order valence-electron chi connectivity index (χ0n) is 13.8. The van der Waals surface area contributed by atoms with Gasteiger partial charge in [0.05, 0.1) is 22.8 Å². The summed E-state index contributed by atoms with van der Waals surface area (Å²) in [6, 6.07) is 9.98. The van der Waals surface area contributed by atoms with Crippen molar-refractivity contribution in [2.75, 3.05) is 18.4 Å². The molecule has 2 N–H and O–H groups in total. The minimum absolute atomic E-state index is 0.0794. The third kappa shape index (κ3) is 3.62. The normalized spacial score (nSPS) is 17.4. The highest BCUT2D eigenvalue weighted by Gasteiger charge is 2.18. The van der Waals surface area contributed by atoms with Gasteiger partial charge in [-0.05, 0) is 57.8 Å². The van der Waals surface area contributed by atoms with Crippen molar-refractivity contribution in [3.05, 3.63) is 41.7 Å². The van der Waals surface area contributed by atoms with Crippen LogP contribution < -0.4 is 10.6 Å². The summed E-state index contributed by atoms with van der Waals surface area (Å²) in [4.78, 5) is 12.3. The second-order valence-corrected chi connectivity index (χ2v) is 6.24. The predicted molar refractivity (Wildman–Crippen MR) is 91.9 cm³/mol. The molecule has 0 radical (unpaired) electrons. The lowest BCUT2D eigenvalue weighted by atomic mass is 10.0. The number of rotatable bonds is 5. The second kappa shape index (κ2) is 6.96. The maximum atomic E-state index is 12.3. The van der Waals surface area contributed by atoms with E-state index in [1.807, 2.05) is 48.9 Å². The summed E-state index contributed by atoms with van der Waals surface area (Å²) in [5, 5.41) is 11.0. The fourth-order valence-corrected chi connectivity index (χ4v) is 3.14. The zero-order valence-corrected chi connectivity index (χ0v) is 13.8. The lowest BCUT2D eigenvalue weighted by Gasteiger charge is -2.09. The number of carbonyl (C=O) groups excluding carboxylic acids is 1. The maximum absolute atomic E-state index is 12.3. The van der Waals surface area contributed by atoms with Crippen LogP contribution in [0.4, 0.5) is 5.69 Å². The standard InChI is InChI=1S/C18H24N4O/c1-13-18(20-17(23)9-8-15-10-11-19-12-15)14(2)22(21-13)16-6-4-3-5-7-16/h3-7,15,19H,8-12H2,1-2H3,(H,20,23). The van der Waals surface area contributed by atoms with Crippen molar-refractivity contribution >= 4 is 11.6 Å². The quantitative estimate of drug-likeness (QED) is 0.892. The molecule has 2 aromatic rings. The van der Waals surface area contributed by atoms with E-state index in [1.165, 1.54) is 6.42 Å². The Labute approximate surface area is 137 Å². The molecule has 1 amide bonds. The molecule has 1 atom stereocenters. The summed E-state index contributed by atoms with van der Waals surface area (Å²) in [6.45, 7) is 6.04. The van der Waals surface area contributed by atoms with E-state index in [2.05, 4.69) is 15.7 Å². The highest BCUT2D eigenvalue weighted by atomic mass is 16.1. The molecule has 0 saturated carbocycles. The van der Waals surface area contributed by atoms with Crippen molar-refractivity contribution in [3.63, 3.8) is 0 Å². The number of aryl methyl sites for hydroxylation is 1. The molecule has 1 saturated heterocycles. The number of nitrogens with zero attached hydrogens (tertiary/aromatic N) is 2. The van der Waals surface area contributed by atoms with Gasteiger partial charge in [-0.15, -0.1) is 0 Å². The van der Waals surface area contributed by atoms with Gasteiger partial charge in [-0.25, -0.2) is 4.68 Å². The first kappa shape index (κ1) is 15.7. The molecule has 1 unspecified atom stereocenters. The fourth-order valence-electron chi connectivity index (χ4n) is 3.14. The van der Waals surface area contributed by atoms with Gasteiger partial charge in [0.15, 0.2) is 0 Å². The lowest BCUT2D eigenvalue weighted by molar-refractivity contribution is -0.116. The Kier molecular flexibility index (Phi) is 4.76. The van der Waals surface area contributed by atoms with Gasteiger partial charge in [0.25, 0.3) is 0 Å². The van der Waals surface area contributed by atoms with Gasteiger partial charge < -0.3 is 10.6 Å². The minimum Gasteiger partial charge on any atom is -0.323 e. The molecule has 122 valence electrons. The highest BCUT2D eigenvalue weighted by molar-refractivity contribution is 5.92. The van der Waals surface area contributed by atoms with E-state index < -0.39 is 0 Å². The van der Waals surface area contributed by atoms with E-state index in [0.29, 0.717) is 12.3 Å². The fraction of sp³-hybridized carbons (Fsp3) is 0.444. The first-order chi connectivity index (χ1) is 11.1. The van der Waals surface area contributed by atoms with Crippen molar-refractivity contribution in [3.8, 4) is 5.69 Å². The lowest BCUT2D eigenvalue weighted by Crippen LogP contribution is -2.15. The van der Waals surface area contributed by atoms with Crippen LogP contribution in [-0.2, 0) is 4.79 Å². The van der Waals surface area contributed by atoms with Crippen molar-refractivity contribution in [2.45, 2.75) is 33.1 Å². The largest absolute Gasteiger partial charge is 0.323 e. The van der Waals surface area contributed by atoms with Gasteiger partial charge >= 0.3 is 0 Å². The molecule has 1 aromatic heterocycles. The average molecular weight is 312 g/mol. The molecule has 0 bridgehead atoms. The van der Waals surface area contributed by atoms with Crippen LogP contribution >= 0.6 is 0 Å². The number of carbonyl (C=O) groups is 1. The van der Waals surface area contributed by atoms with E-state index in [0.717, 1.165) is 42.3 Å². The smallest absolute Gasteiger partial charge is 0.224 e. The van der Waals surface area contributed by atoms with Crippen LogP contribution in [0.1, 0.15) is 30.7 Å². The Morgan fingerprint density at radius 2 is 2.13 bits per heavy atom. The molecular weight excluding hydrogens is 288 g/mol. The van der Waals surface area contributed by atoms with Crippen LogP contribution in [0.15, 0.2) is 30.3 Å². The van der Waals surface area contributed by atoms with Gasteiger partial charge in [0.2, 0.25) is 5.91 Å². The maximum Gasteiger partial charge on any atom is 0.224 e. The topological polar surface area (TPSA) is 59.0 Å². The summed E-state index contributed by atoms with van der Waals surface area (Å²) in [5.41, 5.74) is 3.65. The summed E-state index contributed by atoms with van der Waals surface area (Å²) in [7, 11) is 0. The number of nitrogens with one attached hydrogen (secondary N) is 2. The van der Waals surface area contributed by atoms with Crippen LogP contribution in [-0.4, -0.2) is 28.8 Å². The second-order valence-electron chi connectivity index (χ2n) is 6.24. The molecule has 1 aliphatic heterocycles. The molecule has 0 aliphatic carbocycles. The molecule has 3 rings (SSSR count).